The van der Waals surface area contributed by atoms with Crippen molar-refractivity contribution < 1.29 is 17.9 Å². The zero-order chi connectivity index (χ0) is 12.2. The Labute approximate surface area is 99.2 Å². The third-order valence-corrected chi connectivity index (χ3v) is 2.04. The van der Waals surface area contributed by atoms with Crippen LogP contribution in [0, 0.1) is 6.92 Å². The van der Waals surface area contributed by atoms with Crippen molar-refractivity contribution in [3.8, 4) is 5.88 Å². The lowest BCUT2D eigenvalue weighted by molar-refractivity contribution is -0.136. The van der Waals surface area contributed by atoms with Crippen LogP contribution in [0.1, 0.15) is 18.7 Å². The molecule has 0 amide bonds. The highest BCUT2D eigenvalue weighted by Crippen LogP contribution is 2.21. The van der Waals surface area contributed by atoms with Crippen molar-refractivity contribution in [1.82, 2.24) is 9.97 Å². The summed E-state index contributed by atoms with van der Waals surface area (Å²) in [7, 11) is 0. The predicted molar refractivity (Wildman–Crippen MR) is 55.3 cm³/mol. The molecular formula is C9H10BrF3N2O. The first-order valence-electron chi connectivity index (χ1n) is 4.57. The number of aryl methyl sites for hydroxylation is 1. The molecule has 1 aromatic rings. The molecule has 0 aromatic carbocycles. The maximum Gasteiger partial charge on any atom is 0.389 e. The molecule has 0 aliphatic rings. The Balaban J connectivity index is 2.37. The highest BCUT2D eigenvalue weighted by atomic mass is 79.9. The van der Waals surface area contributed by atoms with Crippen molar-refractivity contribution in [2.45, 2.75) is 25.9 Å². The van der Waals surface area contributed by atoms with Gasteiger partial charge in [-0.15, -0.1) is 0 Å². The van der Waals surface area contributed by atoms with E-state index >= 15 is 0 Å². The number of hydrogen-bond donors (Lipinski definition) is 0. The van der Waals surface area contributed by atoms with E-state index in [1.807, 2.05) is 0 Å². The number of aromatic nitrogens is 2. The smallest absolute Gasteiger partial charge is 0.389 e. The van der Waals surface area contributed by atoms with Gasteiger partial charge in [-0.3, -0.25) is 0 Å². The molecule has 0 unspecified atom stereocenters. The lowest BCUT2D eigenvalue weighted by Gasteiger charge is -2.07. The van der Waals surface area contributed by atoms with Gasteiger partial charge in [0.15, 0.2) is 0 Å². The first kappa shape index (κ1) is 13.2. The van der Waals surface area contributed by atoms with E-state index in [-0.39, 0.29) is 18.9 Å². The number of hydrogen-bond acceptors (Lipinski definition) is 3. The normalized spacial score (nSPS) is 11.6. The molecule has 0 fully saturated rings. The van der Waals surface area contributed by atoms with Gasteiger partial charge < -0.3 is 4.74 Å². The van der Waals surface area contributed by atoms with Gasteiger partial charge in [0, 0.05) is 12.5 Å². The van der Waals surface area contributed by atoms with Crippen molar-refractivity contribution >= 4 is 15.9 Å². The molecule has 7 heteroatoms. The van der Waals surface area contributed by atoms with Gasteiger partial charge in [-0.2, -0.15) is 18.2 Å². The van der Waals surface area contributed by atoms with Gasteiger partial charge in [0.2, 0.25) is 5.88 Å². The Morgan fingerprint density at radius 2 is 2.06 bits per heavy atom. The second-order valence-corrected chi connectivity index (χ2v) is 3.96. The second-order valence-electron chi connectivity index (χ2n) is 3.14. The van der Waals surface area contributed by atoms with E-state index in [0.717, 1.165) is 0 Å². The molecule has 1 heterocycles. The topological polar surface area (TPSA) is 35.0 Å². The lowest BCUT2D eigenvalue weighted by Crippen LogP contribution is -2.10. The maximum atomic E-state index is 11.8. The molecule has 0 saturated carbocycles. The Morgan fingerprint density at radius 3 is 2.62 bits per heavy atom. The van der Waals surface area contributed by atoms with Gasteiger partial charge in [0.05, 0.1) is 6.61 Å². The third kappa shape index (κ3) is 5.29. The molecule has 1 aromatic heterocycles. The molecule has 0 spiro atoms. The Hall–Kier alpha value is -0.850. The van der Waals surface area contributed by atoms with E-state index in [9.17, 15) is 13.2 Å². The molecule has 0 aliphatic carbocycles. The van der Waals surface area contributed by atoms with Crippen LogP contribution in [0.15, 0.2) is 10.7 Å². The van der Waals surface area contributed by atoms with Gasteiger partial charge in [-0.1, -0.05) is 0 Å². The average molecular weight is 299 g/mol. The largest absolute Gasteiger partial charge is 0.478 e. The fraction of sp³-hybridized carbons (Fsp3) is 0.556. The zero-order valence-corrected chi connectivity index (χ0v) is 10.1. The van der Waals surface area contributed by atoms with Crippen LogP contribution in [0.2, 0.25) is 0 Å². The average Bonchev–Trinajstić information content (AvgIpc) is 2.09. The number of nitrogens with zero attached hydrogens (tertiary/aromatic N) is 2. The van der Waals surface area contributed by atoms with Crippen LogP contribution in [0.4, 0.5) is 13.2 Å². The quantitative estimate of drug-likeness (QED) is 0.632. The summed E-state index contributed by atoms with van der Waals surface area (Å²) in [6.07, 6.45) is -5.06. The Kier molecular flexibility index (Phi) is 4.52. The Bertz CT molecular complexity index is 337. The zero-order valence-electron chi connectivity index (χ0n) is 8.51. The van der Waals surface area contributed by atoms with Gasteiger partial charge >= 0.3 is 6.18 Å². The van der Waals surface area contributed by atoms with E-state index in [0.29, 0.717) is 10.4 Å². The van der Waals surface area contributed by atoms with Crippen LogP contribution >= 0.6 is 15.9 Å². The lowest BCUT2D eigenvalue weighted by atomic mass is 10.3. The molecule has 0 aliphatic heterocycles. The molecular weight excluding hydrogens is 289 g/mol. The number of halogens is 4. The summed E-state index contributed by atoms with van der Waals surface area (Å²) in [6.45, 7) is 1.66. The highest BCUT2D eigenvalue weighted by Gasteiger charge is 2.26. The molecule has 0 radical (unpaired) electrons. The van der Waals surface area contributed by atoms with Crippen LogP contribution in [-0.4, -0.2) is 22.8 Å². The van der Waals surface area contributed by atoms with Crippen molar-refractivity contribution in [3.63, 3.8) is 0 Å². The maximum absolute atomic E-state index is 11.8. The van der Waals surface area contributed by atoms with E-state index in [1.165, 1.54) is 6.07 Å². The minimum atomic E-state index is -4.13. The molecule has 90 valence electrons. The number of alkyl halides is 3. The van der Waals surface area contributed by atoms with Crippen molar-refractivity contribution in [1.29, 1.82) is 0 Å². The van der Waals surface area contributed by atoms with Crippen LogP contribution in [0.25, 0.3) is 0 Å². The molecule has 0 bridgehead atoms. The second kappa shape index (κ2) is 5.47. The summed E-state index contributed by atoms with van der Waals surface area (Å²) >= 11 is 3.14. The minimum absolute atomic E-state index is 0.0115. The standard InChI is InChI=1S/C9H10BrF3N2O/c1-6-14-7(10)5-8(15-6)16-4-2-3-9(11,12)13/h5H,2-4H2,1H3. The third-order valence-electron chi connectivity index (χ3n) is 1.64. The summed E-state index contributed by atoms with van der Waals surface area (Å²) in [6, 6.07) is 1.51. The molecule has 0 saturated heterocycles. The predicted octanol–water partition coefficient (Wildman–Crippen LogP) is 3.27. The van der Waals surface area contributed by atoms with Crippen LogP contribution < -0.4 is 4.74 Å². The van der Waals surface area contributed by atoms with Gasteiger partial charge in [-0.05, 0) is 29.3 Å². The molecule has 0 N–H and O–H groups in total. The summed E-state index contributed by atoms with van der Waals surface area (Å²) in [5.41, 5.74) is 0. The summed E-state index contributed by atoms with van der Waals surface area (Å²) in [4.78, 5) is 7.87. The summed E-state index contributed by atoms with van der Waals surface area (Å²) < 4.78 is 41.1. The first-order valence-corrected chi connectivity index (χ1v) is 5.37. The van der Waals surface area contributed by atoms with Crippen molar-refractivity contribution in [2.24, 2.45) is 0 Å². The van der Waals surface area contributed by atoms with Gasteiger partial charge in [0.1, 0.15) is 10.4 Å². The van der Waals surface area contributed by atoms with Crippen LogP contribution in [0.3, 0.4) is 0 Å². The first-order chi connectivity index (χ1) is 7.37. The van der Waals surface area contributed by atoms with Crippen LogP contribution in [0.5, 0.6) is 5.88 Å². The Morgan fingerprint density at radius 1 is 1.38 bits per heavy atom. The molecule has 1 rings (SSSR count). The van der Waals surface area contributed by atoms with E-state index < -0.39 is 12.6 Å². The molecule has 3 nitrogen and oxygen atoms in total. The fourth-order valence-corrected chi connectivity index (χ4v) is 1.48. The molecule has 0 atom stereocenters. The van der Waals surface area contributed by atoms with E-state index in [4.69, 9.17) is 4.74 Å². The highest BCUT2D eigenvalue weighted by molar-refractivity contribution is 9.10. The van der Waals surface area contributed by atoms with E-state index in [1.54, 1.807) is 6.92 Å². The monoisotopic (exact) mass is 298 g/mol. The summed E-state index contributed by atoms with van der Waals surface area (Å²) in [5, 5.41) is 0. The minimum Gasteiger partial charge on any atom is -0.478 e. The van der Waals surface area contributed by atoms with Gasteiger partial charge in [0.25, 0.3) is 0 Å². The fourth-order valence-electron chi connectivity index (χ4n) is 1.03. The SMILES string of the molecule is Cc1nc(Br)cc(OCCCC(F)(F)F)n1. The summed E-state index contributed by atoms with van der Waals surface area (Å²) in [5.74, 6) is 0.779. The van der Waals surface area contributed by atoms with E-state index in [2.05, 4.69) is 25.9 Å². The number of rotatable bonds is 4. The van der Waals surface area contributed by atoms with Crippen LogP contribution in [-0.2, 0) is 0 Å². The molecule has 16 heavy (non-hydrogen) atoms. The van der Waals surface area contributed by atoms with Crippen molar-refractivity contribution in [2.75, 3.05) is 6.61 Å². The number of ether oxygens (including phenoxy) is 1. The van der Waals surface area contributed by atoms with Gasteiger partial charge in [-0.25, -0.2) is 4.98 Å². The van der Waals surface area contributed by atoms with Crippen molar-refractivity contribution in [3.05, 3.63) is 16.5 Å².